The van der Waals surface area contributed by atoms with E-state index in [2.05, 4.69) is 0 Å². The third-order valence-electron chi connectivity index (χ3n) is 3.80. The summed E-state index contributed by atoms with van der Waals surface area (Å²) in [5.41, 5.74) is 1.34. The highest BCUT2D eigenvalue weighted by atomic mass is 16.5. The van der Waals surface area contributed by atoms with Crippen LogP contribution in [0, 0.1) is 0 Å². The summed E-state index contributed by atoms with van der Waals surface area (Å²) in [5, 5.41) is 0. The Labute approximate surface area is 151 Å². The number of ether oxygens (including phenoxy) is 1. The van der Waals surface area contributed by atoms with Crippen LogP contribution in [0.3, 0.4) is 0 Å². The highest BCUT2D eigenvalue weighted by molar-refractivity contribution is 5.97. The minimum atomic E-state index is -0.467. The van der Waals surface area contributed by atoms with E-state index in [1.54, 1.807) is 41.5 Å². The predicted molar refractivity (Wildman–Crippen MR) is 96.5 cm³/mol. The molecule has 0 unspecified atom stereocenters. The van der Waals surface area contributed by atoms with E-state index in [1.165, 1.54) is 6.92 Å². The van der Waals surface area contributed by atoms with Crippen LogP contribution in [0.5, 0.6) is 5.75 Å². The van der Waals surface area contributed by atoms with Crippen LogP contribution in [0.15, 0.2) is 77.4 Å². The molecule has 1 aromatic heterocycles. The first-order chi connectivity index (χ1) is 12.6. The second-order valence-corrected chi connectivity index (χ2v) is 5.82. The van der Waals surface area contributed by atoms with Gasteiger partial charge in [0.2, 0.25) is 0 Å². The molecular weight excluding hydrogens is 330 g/mol. The Bertz CT molecular complexity index is 872. The molecule has 0 aliphatic heterocycles. The van der Waals surface area contributed by atoms with Crippen LogP contribution in [0.4, 0.5) is 0 Å². The number of para-hydroxylation sites is 1. The molecule has 1 heterocycles. The van der Waals surface area contributed by atoms with Gasteiger partial charge in [-0.15, -0.1) is 0 Å². The van der Waals surface area contributed by atoms with Crippen molar-refractivity contribution in [2.24, 2.45) is 0 Å². The fraction of sp³-hybridized carbons (Fsp3) is 0.143. The predicted octanol–water partition coefficient (Wildman–Crippen LogP) is 4.05. The molecule has 0 aliphatic carbocycles. The Morgan fingerprint density at radius 2 is 1.65 bits per heavy atom. The summed E-state index contributed by atoms with van der Waals surface area (Å²) in [4.78, 5) is 26.2. The minimum absolute atomic E-state index is 0.234. The Morgan fingerprint density at radius 1 is 0.923 bits per heavy atom. The van der Waals surface area contributed by atoms with Gasteiger partial charge in [-0.25, -0.2) is 0 Å². The van der Waals surface area contributed by atoms with E-state index >= 15 is 0 Å². The highest BCUT2D eigenvalue weighted by Gasteiger charge is 2.21. The van der Waals surface area contributed by atoms with Crippen molar-refractivity contribution >= 4 is 11.9 Å². The zero-order valence-electron chi connectivity index (χ0n) is 14.4. The maximum atomic E-state index is 13.2. The van der Waals surface area contributed by atoms with Crippen LogP contribution in [-0.4, -0.2) is 16.8 Å². The molecule has 132 valence electrons. The quantitative estimate of drug-likeness (QED) is 0.498. The number of amides is 1. The lowest BCUT2D eigenvalue weighted by atomic mass is 10.1. The smallest absolute Gasteiger partial charge is 0.308 e. The van der Waals surface area contributed by atoms with Crippen molar-refractivity contribution in [1.82, 2.24) is 4.90 Å². The molecule has 0 saturated carbocycles. The molecule has 26 heavy (non-hydrogen) atoms. The first-order valence-electron chi connectivity index (χ1n) is 8.26. The number of rotatable bonds is 6. The number of carbonyl (C=O) groups is 2. The molecule has 0 saturated heterocycles. The summed E-state index contributed by atoms with van der Waals surface area (Å²) in [5.74, 6) is 0.231. The molecule has 0 spiro atoms. The van der Waals surface area contributed by atoms with E-state index in [9.17, 15) is 9.59 Å². The molecule has 5 heteroatoms. The van der Waals surface area contributed by atoms with Gasteiger partial charge in [-0.2, -0.15) is 0 Å². The van der Waals surface area contributed by atoms with Gasteiger partial charge in [0.25, 0.3) is 5.91 Å². The van der Waals surface area contributed by atoms with Gasteiger partial charge in [-0.05, 0) is 29.8 Å². The Kier molecular flexibility index (Phi) is 5.49. The SMILES string of the molecule is CC(=O)Oc1ccccc1C(=O)N(Cc1ccccc1)Cc1ccco1. The van der Waals surface area contributed by atoms with E-state index in [0.717, 1.165) is 5.56 Å². The van der Waals surface area contributed by atoms with Crippen LogP contribution in [-0.2, 0) is 17.9 Å². The monoisotopic (exact) mass is 349 g/mol. The van der Waals surface area contributed by atoms with Gasteiger partial charge in [-0.3, -0.25) is 9.59 Å². The van der Waals surface area contributed by atoms with Gasteiger partial charge in [0.05, 0.1) is 18.4 Å². The normalized spacial score (nSPS) is 10.3. The van der Waals surface area contributed by atoms with Crippen molar-refractivity contribution in [3.63, 3.8) is 0 Å². The summed E-state index contributed by atoms with van der Waals surface area (Å²) < 4.78 is 10.6. The maximum Gasteiger partial charge on any atom is 0.308 e. The molecule has 5 nitrogen and oxygen atoms in total. The summed E-state index contributed by atoms with van der Waals surface area (Å²) in [7, 11) is 0. The lowest BCUT2D eigenvalue weighted by molar-refractivity contribution is -0.131. The summed E-state index contributed by atoms with van der Waals surface area (Å²) in [6, 6.07) is 20.0. The van der Waals surface area contributed by atoms with Gasteiger partial charge in [0.1, 0.15) is 11.5 Å². The lowest BCUT2D eigenvalue weighted by Crippen LogP contribution is -2.30. The highest BCUT2D eigenvalue weighted by Crippen LogP contribution is 2.22. The number of esters is 1. The van der Waals surface area contributed by atoms with E-state index in [0.29, 0.717) is 24.4 Å². The molecule has 2 aromatic carbocycles. The molecule has 1 amide bonds. The Hall–Kier alpha value is -3.34. The number of hydrogen-bond acceptors (Lipinski definition) is 4. The van der Waals surface area contributed by atoms with Crippen molar-refractivity contribution in [2.45, 2.75) is 20.0 Å². The van der Waals surface area contributed by atoms with Gasteiger partial charge < -0.3 is 14.1 Å². The Balaban J connectivity index is 1.90. The van der Waals surface area contributed by atoms with Crippen LogP contribution >= 0.6 is 0 Å². The van der Waals surface area contributed by atoms with Crippen molar-refractivity contribution < 1.29 is 18.7 Å². The van der Waals surface area contributed by atoms with Crippen LogP contribution in [0.1, 0.15) is 28.6 Å². The maximum absolute atomic E-state index is 13.2. The molecular formula is C21H19NO4. The van der Waals surface area contributed by atoms with Crippen LogP contribution in [0.2, 0.25) is 0 Å². The van der Waals surface area contributed by atoms with Gasteiger partial charge in [0.15, 0.2) is 0 Å². The van der Waals surface area contributed by atoms with E-state index < -0.39 is 5.97 Å². The molecule has 0 fully saturated rings. The number of hydrogen-bond donors (Lipinski definition) is 0. The molecule has 0 N–H and O–H groups in total. The molecule has 0 aliphatic rings. The third-order valence-corrected chi connectivity index (χ3v) is 3.80. The van der Waals surface area contributed by atoms with Crippen LogP contribution in [0.25, 0.3) is 0 Å². The average molecular weight is 349 g/mol. The largest absolute Gasteiger partial charge is 0.467 e. The van der Waals surface area contributed by atoms with Crippen molar-refractivity contribution in [3.8, 4) is 5.75 Å². The van der Waals surface area contributed by atoms with E-state index in [1.807, 2.05) is 36.4 Å². The zero-order valence-corrected chi connectivity index (χ0v) is 14.4. The topological polar surface area (TPSA) is 59.8 Å². The molecule has 3 aromatic rings. The zero-order chi connectivity index (χ0) is 18.4. The van der Waals surface area contributed by atoms with Crippen molar-refractivity contribution in [3.05, 3.63) is 89.9 Å². The number of nitrogens with zero attached hydrogens (tertiary/aromatic N) is 1. The minimum Gasteiger partial charge on any atom is -0.467 e. The van der Waals surface area contributed by atoms with Gasteiger partial charge in [0, 0.05) is 13.5 Å². The standard InChI is InChI=1S/C21H19NO4/c1-16(23)26-20-12-6-5-11-19(20)21(24)22(15-18-10-7-13-25-18)14-17-8-3-2-4-9-17/h2-13H,14-15H2,1H3. The second kappa shape index (κ2) is 8.16. The molecule has 0 radical (unpaired) electrons. The molecule has 0 bridgehead atoms. The number of carbonyl (C=O) groups excluding carboxylic acids is 2. The lowest BCUT2D eigenvalue weighted by Gasteiger charge is -2.23. The third kappa shape index (κ3) is 4.39. The Morgan fingerprint density at radius 3 is 2.35 bits per heavy atom. The first kappa shape index (κ1) is 17.5. The summed E-state index contributed by atoms with van der Waals surface area (Å²) >= 11 is 0. The van der Waals surface area contributed by atoms with Crippen molar-refractivity contribution in [2.75, 3.05) is 0 Å². The number of benzene rings is 2. The van der Waals surface area contributed by atoms with Gasteiger partial charge in [-0.1, -0.05) is 42.5 Å². The summed E-state index contributed by atoms with van der Waals surface area (Å²) in [6.45, 7) is 2.04. The summed E-state index contributed by atoms with van der Waals surface area (Å²) in [6.07, 6.45) is 1.58. The molecule has 0 atom stereocenters. The fourth-order valence-corrected chi connectivity index (χ4v) is 2.65. The molecule has 3 rings (SSSR count). The van der Waals surface area contributed by atoms with Crippen LogP contribution < -0.4 is 4.74 Å². The van der Waals surface area contributed by atoms with E-state index in [4.69, 9.17) is 9.15 Å². The number of furan rings is 1. The second-order valence-electron chi connectivity index (χ2n) is 5.82. The van der Waals surface area contributed by atoms with Gasteiger partial charge >= 0.3 is 5.97 Å². The van der Waals surface area contributed by atoms with E-state index in [-0.39, 0.29) is 11.7 Å². The van der Waals surface area contributed by atoms with Crippen molar-refractivity contribution in [1.29, 1.82) is 0 Å². The average Bonchev–Trinajstić information content (AvgIpc) is 3.15. The fourth-order valence-electron chi connectivity index (χ4n) is 2.65. The first-order valence-corrected chi connectivity index (χ1v) is 8.26.